The zero-order valence-corrected chi connectivity index (χ0v) is 16.8. The summed E-state index contributed by atoms with van der Waals surface area (Å²) in [5.74, 6) is 0.891. The fourth-order valence-electron chi connectivity index (χ4n) is 3.17. The van der Waals surface area contributed by atoms with Gasteiger partial charge in [0.1, 0.15) is 5.75 Å². The Bertz CT molecular complexity index is 950. The number of benzene rings is 2. The molecule has 2 aromatic carbocycles. The van der Waals surface area contributed by atoms with Crippen molar-refractivity contribution in [3.63, 3.8) is 0 Å². The highest BCUT2D eigenvalue weighted by Crippen LogP contribution is 2.38. The van der Waals surface area contributed by atoms with Crippen LogP contribution in [0.25, 0.3) is 11.3 Å². The number of thiazole rings is 1. The zero-order chi connectivity index (χ0) is 18.8. The van der Waals surface area contributed by atoms with Crippen molar-refractivity contribution < 1.29 is 4.74 Å². The molecule has 0 bridgehead atoms. The Balaban J connectivity index is 1.60. The smallest absolute Gasteiger partial charge is 0.207 e. The maximum absolute atomic E-state index is 5.99. The third-order valence-electron chi connectivity index (χ3n) is 4.47. The maximum Gasteiger partial charge on any atom is 0.207 e. The molecule has 0 N–H and O–H groups in total. The van der Waals surface area contributed by atoms with E-state index in [0.717, 1.165) is 39.3 Å². The van der Waals surface area contributed by atoms with Crippen LogP contribution in [0.3, 0.4) is 0 Å². The van der Waals surface area contributed by atoms with Crippen molar-refractivity contribution in [2.45, 2.75) is 26.3 Å². The van der Waals surface area contributed by atoms with E-state index in [1.54, 1.807) is 11.3 Å². The quantitative estimate of drug-likeness (QED) is 0.515. The van der Waals surface area contributed by atoms with E-state index in [0.29, 0.717) is 6.61 Å². The second-order valence-electron chi connectivity index (χ2n) is 6.42. The summed E-state index contributed by atoms with van der Waals surface area (Å²) < 4.78 is 5.55. The van der Waals surface area contributed by atoms with Gasteiger partial charge in [0.2, 0.25) is 5.13 Å². The molecule has 27 heavy (non-hydrogen) atoms. The number of aromatic nitrogens is 1. The van der Waals surface area contributed by atoms with Gasteiger partial charge in [0.25, 0.3) is 0 Å². The third kappa shape index (κ3) is 3.84. The molecule has 1 atom stereocenters. The first kappa shape index (κ1) is 18.0. The number of hydrogen-bond donors (Lipinski definition) is 0. The molecule has 4 rings (SSSR count). The summed E-state index contributed by atoms with van der Waals surface area (Å²) in [5.41, 5.74) is 4.32. The van der Waals surface area contributed by atoms with Gasteiger partial charge in [0.05, 0.1) is 18.3 Å². The minimum atomic E-state index is 0.157. The number of anilines is 1. The van der Waals surface area contributed by atoms with Crippen LogP contribution in [0.15, 0.2) is 59.0 Å². The van der Waals surface area contributed by atoms with Gasteiger partial charge in [0, 0.05) is 28.1 Å². The van der Waals surface area contributed by atoms with E-state index in [4.69, 9.17) is 26.4 Å². The Morgan fingerprint density at radius 3 is 2.59 bits per heavy atom. The molecule has 1 aliphatic rings. The number of rotatable bonds is 5. The Kier molecular flexibility index (Phi) is 5.14. The van der Waals surface area contributed by atoms with Crippen molar-refractivity contribution >= 4 is 33.8 Å². The van der Waals surface area contributed by atoms with Crippen LogP contribution < -0.4 is 9.75 Å². The van der Waals surface area contributed by atoms with Gasteiger partial charge in [-0.1, -0.05) is 35.9 Å². The van der Waals surface area contributed by atoms with Gasteiger partial charge in [-0.2, -0.15) is 5.10 Å². The standard InChI is InChI=1S/C21H20ClN3OS/c1-3-26-18-10-6-16(7-11-18)20-12-14(2)24-25(20)21-23-19(13-27-21)15-4-8-17(22)9-5-15/h4-11,13,20H,3,12H2,1-2H3. The van der Waals surface area contributed by atoms with Gasteiger partial charge in [-0.3, -0.25) is 0 Å². The van der Waals surface area contributed by atoms with Gasteiger partial charge in [-0.25, -0.2) is 9.99 Å². The molecule has 0 spiro atoms. The molecule has 1 aliphatic heterocycles. The molecule has 1 aromatic heterocycles. The van der Waals surface area contributed by atoms with Crippen LogP contribution in [0.1, 0.15) is 31.9 Å². The number of halogens is 1. The van der Waals surface area contributed by atoms with Crippen molar-refractivity contribution in [1.29, 1.82) is 0 Å². The largest absolute Gasteiger partial charge is 0.494 e. The molecule has 0 saturated carbocycles. The Hall–Kier alpha value is -2.37. The van der Waals surface area contributed by atoms with Crippen LogP contribution in [-0.4, -0.2) is 17.3 Å². The number of hydrazone groups is 1. The van der Waals surface area contributed by atoms with Crippen molar-refractivity contribution in [3.8, 4) is 17.0 Å². The first-order chi connectivity index (χ1) is 13.1. The molecular weight excluding hydrogens is 378 g/mol. The van der Waals surface area contributed by atoms with Crippen molar-refractivity contribution in [2.75, 3.05) is 11.6 Å². The molecule has 0 radical (unpaired) electrons. The minimum absolute atomic E-state index is 0.157. The average molecular weight is 398 g/mol. The van der Waals surface area contributed by atoms with E-state index in [1.165, 1.54) is 5.56 Å². The van der Waals surface area contributed by atoms with Crippen molar-refractivity contribution in [2.24, 2.45) is 5.10 Å². The average Bonchev–Trinajstić information content (AvgIpc) is 3.30. The summed E-state index contributed by atoms with van der Waals surface area (Å²) in [5, 5.41) is 10.5. The van der Waals surface area contributed by atoms with E-state index in [1.807, 2.05) is 48.3 Å². The van der Waals surface area contributed by atoms with Crippen molar-refractivity contribution in [3.05, 3.63) is 64.5 Å². The minimum Gasteiger partial charge on any atom is -0.494 e. The predicted molar refractivity (Wildman–Crippen MR) is 113 cm³/mol. The van der Waals surface area contributed by atoms with E-state index in [2.05, 4.69) is 24.4 Å². The molecular formula is C21H20ClN3OS. The van der Waals surface area contributed by atoms with Crippen LogP contribution in [0.5, 0.6) is 5.75 Å². The van der Waals surface area contributed by atoms with Crippen LogP contribution in [0.4, 0.5) is 5.13 Å². The summed E-state index contributed by atoms with van der Waals surface area (Å²) in [6.07, 6.45) is 0.893. The summed E-state index contributed by atoms with van der Waals surface area (Å²) >= 11 is 7.60. The molecule has 4 nitrogen and oxygen atoms in total. The lowest BCUT2D eigenvalue weighted by Gasteiger charge is -2.21. The fraction of sp³-hybridized carbons (Fsp3) is 0.238. The lowest BCUT2D eigenvalue weighted by atomic mass is 10.0. The molecule has 0 fully saturated rings. The van der Waals surface area contributed by atoms with Crippen LogP contribution >= 0.6 is 22.9 Å². The third-order valence-corrected chi connectivity index (χ3v) is 5.55. The van der Waals surface area contributed by atoms with E-state index >= 15 is 0 Å². The molecule has 0 aliphatic carbocycles. The highest BCUT2D eigenvalue weighted by Gasteiger charge is 2.29. The summed E-state index contributed by atoms with van der Waals surface area (Å²) in [7, 11) is 0. The van der Waals surface area contributed by atoms with Gasteiger partial charge in [-0.15, -0.1) is 11.3 Å². The molecule has 0 amide bonds. The first-order valence-corrected chi connectivity index (χ1v) is 10.2. The van der Waals surface area contributed by atoms with Gasteiger partial charge < -0.3 is 4.74 Å². The highest BCUT2D eigenvalue weighted by atomic mass is 35.5. The zero-order valence-electron chi connectivity index (χ0n) is 15.2. The molecule has 1 unspecified atom stereocenters. The molecule has 0 saturated heterocycles. The molecule has 2 heterocycles. The molecule has 3 aromatic rings. The fourth-order valence-corrected chi connectivity index (χ4v) is 4.13. The summed E-state index contributed by atoms with van der Waals surface area (Å²) in [6.45, 7) is 4.73. The second kappa shape index (κ2) is 7.71. The Morgan fingerprint density at radius 1 is 1.15 bits per heavy atom. The predicted octanol–water partition coefficient (Wildman–Crippen LogP) is 6.19. The Labute approximate surface area is 168 Å². The van der Waals surface area contributed by atoms with Crippen LogP contribution in [0, 0.1) is 0 Å². The Morgan fingerprint density at radius 2 is 1.89 bits per heavy atom. The molecule has 6 heteroatoms. The molecule has 138 valence electrons. The number of hydrogen-bond acceptors (Lipinski definition) is 5. The van der Waals surface area contributed by atoms with Crippen molar-refractivity contribution in [1.82, 2.24) is 4.98 Å². The first-order valence-electron chi connectivity index (χ1n) is 8.91. The lowest BCUT2D eigenvalue weighted by Crippen LogP contribution is -2.18. The van der Waals surface area contributed by atoms with E-state index < -0.39 is 0 Å². The monoisotopic (exact) mass is 397 g/mol. The SMILES string of the molecule is CCOc1ccc(C2CC(C)=NN2c2nc(-c3ccc(Cl)cc3)cs2)cc1. The lowest BCUT2D eigenvalue weighted by molar-refractivity contribution is 0.340. The van der Waals surface area contributed by atoms with Gasteiger partial charge >= 0.3 is 0 Å². The topological polar surface area (TPSA) is 37.7 Å². The van der Waals surface area contributed by atoms with Gasteiger partial charge in [0.15, 0.2) is 0 Å². The second-order valence-corrected chi connectivity index (χ2v) is 7.70. The van der Waals surface area contributed by atoms with E-state index in [9.17, 15) is 0 Å². The summed E-state index contributed by atoms with van der Waals surface area (Å²) in [4.78, 5) is 4.82. The van der Waals surface area contributed by atoms with Gasteiger partial charge in [-0.05, 0) is 43.7 Å². The highest BCUT2D eigenvalue weighted by molar-refractivity contribution is 7.14. The normalized spacial score (nSPS) is 16.5. The van der Waals surface area contributed by atoms with Crippen LogP contribution in [-0.2, 0) is 0 Å². The van der Waals surface area contributed by atoms with E-state index in [-0.39, 0.29) is 6.04 Å². The summed E-state index contributed by atoms with van der Waals surface area (Å²) in [6, 6.07) is 16.2. The van der Waals surface area contributed by atoms with Crippen LogP contribution in [0.2, 0.25) is 5.02 Å². The number of ether oxygens (including phenoxy) is 1. The number of nitrogens with zero attached hydrogens (tertiary/aromatic N) is 3. The maximum atomic E-state index is 5.99.